The van der Waals surface area contributed by atoms with E-state index in [1.165, 1.54) is 4.90 Å². The molecule has 1 atom stereocenters. The van der Waals surface area contributed by atoms with Crippen LogP contribution in [-0.2, 0) is 16.1 Å². The Labute approximate surface area is 131 Å². The Hall–Kier alpha value is -2.08. The molecule has 0 aliphatic rings. The maximum atomic E-state index is 12.1. The van der Waals surface area contributed by atoms with Crippen molar-refractivity contribution in [1.29, 1.82) is 0 Å². The van der Waals surface area contributed by atoms with Crippen LogP contribution in [0.1, 0.15) is 25.8 Å². The molecule has 0 saturated carbocycles. The summed E-state index contributed by atoms with van der Waals surface area (Å²) in [5.41, 5.74) is 0.921. The van der Waals surface area contributed by atoms with Crippen LogP contribution in [0.2, 0.25) is 0 Å². The Balaban J connectivity index is 2.83. The molecule has 0 aliphatic carbocycles. The number of hydrogen-bond acceptors (Lipinski definition) is 4. The molecule has 0 fully saturated rings. The molecule has 0 bridgehead atoms. The molecule has 1 aromatic carbocycles. The van der Waals surface area contributed by atoms with Crippen molar-refractivity contribution >= 4 is 11.8 Å². The average molecular weight is 308 g/mol. The van der Waals surface area contributed by atoms with E-state index in [0.29, 0.717) is 13.0 Å². The fourth-order valence-corrected chi connectivity index (χ4v) is 2.04. The molecule has 1 rings (SSSR count). The Morgan fingerprint density at radius 1 is 1.32 bits per heavy atom. The summed E-state index contributed by atoms with van der Waals surface area (Å²) in [5.74, 6) is 0.373. The lowest BCUT2D eigenvalue weighted by molar-refractivity contribution is -0.140. The number of nitrogens with zero attached hydrogens (tertiary/aromatic N) is 1. The van der Waals surface area contributed by atoms with E-state index in [-0.39, 0.29) is 25.0 Å². The highest BCUT2D eigenvalue weighted by atomic mass is 16.5. The van der Waals surface area contributed by atoms with Gasteiger partial charge < -0.3 is 20.1 Å². The summed E-state index contributed by atoms with van der Waals surface area (Å²) >= 11 is 0. The van der Waals surface area contributed by atoms with E-state index in [0.717, 1.165) is 11.3 Å². The molecular weight excluding hydrogens is 284 g/mol. The zero-order chi connectivity index (χ0) is 16.5. The third kappa shape index (κ3) is 5.04. The molecule has 0 saturated heterocycles. The molecule has 122 valence electrons. The molecule has 0 unspecified atom stereocenters. The van der Waals surface area contributed by atoms with Gasteiger partial charge in [0.2, 0.25) is 11.8 Å². The highest BCUT2D eigenvalue weighted by molar-refractivity contribution is 5.87. The Kier molecular flexibility index (Phi) is 7.39. The largest absolute Gasteiger partial charge is 0.497 e. The van der Waals surface area contributed by atoms with Gasteiger partial charge in [-0.25, -0.2) is 0 Å². The summed E-state index contributed by atoms with van der Waals surface area (Å²) < 4.78 is 5.10. The van der Waals surface area contributed by atoms with E-state index in [4.69, 9.17) is 9.84 Å². The summed E-state index contributed by atoms with van der Waals surface area (Å²) in [4.78, 5) is 25.7. The molecule has 2 amide bonds. The van der Waals surface area contributed by atoms with Gasteiger partial charge in [0, 0.05) is 19.5 Å². The van der Waals surface area contributed by atoms with Crippen LogP contribution in [0.5, 0.6) is 5.75 Å². The van der Waals surface area contributed by atoms with E-state index in [1.54, 1.807) is 21.0 Å². The van der Waals surface area contributed by atoms with Crippen LogP contribution in [0.3, 0.4) is 0 Å². The standard InChI is InChI=1S/C16H24N2O4/c1-4-15(20)18(12(2)16(21)17-9-10-19)11-13-5-7-14(22-3)8-6-13/h5-8,12,19H,4,9-11H2,1-3H3,(H,17,21)/t12-/m1/s1. The lowest BCUT2D eigenvalue weighted by Gasteiger charge is -2.28. The van der Waals surface area contributed by atoms with Crippen LogP contribution in [0.25, 0.3) is 0 Å². The number of carbonyl (C=O) groups excluding carboxylic acids is 2. The Morgan fingerprint density at radius 2 is 1.95 bits per heavy atom. The number of nitrogens with one attached hydrogen (secondary N) is 1. The highest BCUT2D eigenvalue weighted by Gasteiger charge is 2.24. The van der Waals surface area contributed by atoms with Gasteiger partial charge in [0.05, 0.1) is 13.7 Å². The second-order valence-electron chi connectivity index (χ2n) is 4.91. The minimum Gasteiger partial charge on any atom is -0.497 e. The van der Waals surface area contributed by atoms with Gasteiger partial charge in [0.1, 0.15) is 11.8 Å². The summed E-state index contributed by atoms with van der Waals surface area (Å²) in [6.07, 6.45) is 0.327. The third-order valence-electron chi connectivity index (χ3n) is 3.39. The molecule has 0 radical (unpaired) electrons. The topological polar surface area (TPSA) is 78.9 Å². The van der Waals surface area contributed by atoms with Crippen LogP contribution in [0, 0.1) is 0 Å². The van der Waals surface area contributed by atoms with Crippen LogP contribution >= 0.6 is 0 Å². The smallest absolute Gasteiger partial charge is 0.242 e. The molecule has 0 aromatic heterocycles. The zero-order valence-electron chi connectivity index (χ0n) is 13.3. The Bertz CT molecular complexity index is 487. The first-order valence-corrected chi connectivity index (χ1v) is 7.34. The van der Waals surface area contributed by atoms with Gasteiger partial charge in [-0.3, -0.25) is 9.59 Å². The second kappa shape index (κ2) is 9.04. The number of hydrogen-bond donors (Lipinski definition) is 2. The van der Waals surface area contributed by atoms with E-state index in [2.05, 4.69) is 5.32 Å². The van der Waals surface area contributed by atoms with Crippen molar-refractivity contribution < 1.29 is 19.4 Å². The van der Waals surface area contributed by atoms with E-state index >= 15 is 0 Å². The number of methoxy groups -OCH3 is 1. The summed E-state index contributed by atoms with van der Waals surface area (Å²) in [6.45, 7) is 3.86. The van der Waals surface area contributed by atoms with Crippen molar-refractivity contribution in [2.45, 2.75) is 32.9 Å². The quantitative estimate of drug-likeness (QED) is 0.749. The third-order valence-corrected chi connectivity index (χ3v) is 3.39. The SMILES string of the molecule is CCC(=O)N(Cc1ccc(OC)cc1)[C@H](C)C(=O)NCCO. The summed E-state index contributed by atoms with van der Waals surface area (Å²) in [6, 6.07) is 6.78. The van der Waals surface area contributed by atoms with Gasteiger partial charge in [-0.2, -0.15) is 0 Å². The lowest BCUT2D eigenvalue weighted by atomic mass is 10.1. The van der Waals surface area contributed by atoms with Crippen molar-refractivity contribution in [3.05, 3.63) is 29.8 Å². The predicted molar refractivity (Wildman–Crippen MR) is 83.4 cm³/mol. The summed E-state index contributed by atoms with van der Waals surface area (Å²) in [7, 11) is 1.59. The van der Waals surface area contributed by atoms with Gasteiger partial charge in [-0.15, -0.1) is 0 Å². The van der Waals surface area contributed by atoms with Crippen molar-refractivity contribution in [1.82, 2.24) is 10.2 Å². The van der Waals surface area contributed by atoms with Crippen molar-refractivity contribution in [3.8, 4) is 5.75 Å². The monoisotopic (exact) mass is 308 g/mol. The molecule has 22 heavy (non-hydrogen) atoms. The molecule has 6 heteroatoms. The molecule has 0 spiro atoms. The van der Waals surface area contributed by atoms with Crippen molar-refractivity contribution in [2.75, 3.05) is 20.3 Å². The number of carbonyl (C=O) groups is 2. The van der Waals surface area contributed by atoms with Crippen LogP contribution in [-0.4, -0.2) is 48.1 Å². The molecule has 0 aliphatic heterocycles. The van der Waals surface area contributed by atoms with Gasteiger partial charge in [-0.1, -0.05) is 19.1 Å². The molecule has 0 heterocycles. The van der Waals surface area contributed by atoms with Gasteiger partial charge in [0.15, 0.2) is 0 Å². The van der Waals surface area contributed by atoms with E-state index in [9.17, 15) is 9.59 Å². The summed E-state index contributed by atoms with van der Waals surface area (Å²) in [5, 5.41) is 11.4. The van der Waals surface area contributed by atoms with E-state index in [1.807, 2.05) is 24.3 Å². The average Bonchev–Trinajstić information content (AvgIpc) is 2.56. The number of rotatable bonds is 8. The minimum atomic E-state index is -0.596. The van der Waals surface area contributed by atoms with Gasteiger partial charge >= 0.3 is 0 Å². The van der Waals surface area contributed by atoms with Crippen molar-refractivity contribution in [3.63, 3.8) is 0 Å². The number of ether oxygens (including phenoxy) is 1. The van der Waals surface area contributed by atoms with Gasteiger partial charge in [0.25, 0.3) is 0 Å². The van der Waals surface area contributed by atoms with Crippen LogP contribution < -0.4 is 10.1 Å². The minimum absolute atomic E-state index is 0.0949. The molecular formula is C16H24N2O4. The number of aliphatic hydroxyl groups is 1. The first-order valence-electron chi connectivity index (χ1n) is 7.34. The van der Waals surface area contributed by atoms with E-state index < -0.39 is 6.04 Å². The second-order valence-corrected chi connectivity index (χ2v) is 4.91. The number of benzene rings is 1. The molecule has 6 nitrogen and oxygen atoms in total. The highest BCUT2D eigenvalue weighted by Crippen LogP contribution is 2.15. The predicted octanol–water partition coefficient (Wildman–Crippen LogP) is 0.931. The first kappa shape index (κ1) is 18.0. The maximum Gasteiger partial charge on any atom is 0.242 e. The molecule has 1 aromatic rings. The normalized spacial score (nSPS) is 11.6. The number of aliphatic hydroxyl groups excluding tert-OH is 1. The lowest BCUT2D eigenvalue weighted by Crippen LogP contribution is -2.47. The maximum absolute atomic E-state index is 12.1. The van der Waals surface area contributed by atoms with Crippen LogP contribution in [0.15, 0.2) is 24.3 Å². The Morgan fingerprint density at radius 3 is 2.45 bits per heavy atom. The fraction of sp³-hybridized carbons (Fsp3) is 0.500. The first-order chi connectivity index (χ1) is 10.5. The zero-order valence-corrected chi connectivity index (χ0v) is 13.3. The van der Waals surface area contributed by atoms with Crippen LogP contribution in [0.4, 0.5) is 0 Å². The molecule has 2 N–H and O–H groups in total. The van der Waals surface area contributed by atoms with Gasteiger partial charge in [-0.05, 0) is 24.6 Å². The fourth-order valence-electron chi connectivity index (χ4n) is 2.04. The van der Waals surface area contributed by atoms with Crippen molar-refractivity contribution in [2.24, 2.45) is 0 Å². The number of amides is 2.